The number of hydrogen-bond donors (Lipinski definition) is 1. The van der Waals surface area contributed by atoms with Crippen molar-refractivity contribution < 1.29 is 23.1 Å². The van der Waals surface area contributed by atoms with E-state index in [-0.39, 0.29) is 25.3 Å². The second kappa shape index (κ2) is 8.24. The van der Waals surface area contributed by atoms with Gasteiger partial charge < -0.3 is 14.6 Å². The summed E-state index contributed by atoms with van der Waals surface area (Å²) in [5.74, 6) is -1.72. The van der Waals surface area contributed by atoms with Crippen molar-refractivity contribution >= 4 is 44.3 Å². The van der Waals surface area contributed by atoms with Crippen molar-refractivity contribution in [2.45, 2.75) is 32.6 Å². The highest BCUT2D eigenvalue weighted by Gasteiger charge is 2.39. The number of benzene rings is 2. The normalized spacial score (nSPS) is 14.0. The number of aliphatic carboxylic acids is 1. The van der Waals surface area contributed by atoms with Gasteiger partial charge in [0.05, 0.1) is 23.2 Å². The van der Waals surface area contributed by atoms with Crippen LogP contribution in [0.25, 0.3) is 21.3 Å². The van der Waals surface area contributed by atoms with Crippen LogP contribution in [-0.4, -0.2) is 37.4 Å². The number of carbonyl (C=O) groups is 1. The Balaban J connectivity index is 1.60. The number of fused-ring (bicyclic) bond motifs is 2. The van der Waals surface area contributed by atoms with Gasteiger partial charge in [-0.25, -0.2) is 4.98 Å². The average molecular weight is 508 g/mol. The van der Waals surface area contributed by atoms with Gasteiger partial charge in [-0.15, -0.1) is 10.2 Å². The molecule has 0 aliphatic carbocycles. The second-order valence-electron chi connectivity index (χ2n) is 7.98. The molecular formula is C22H17ClF3N5O2S. The van der Waals surface area contributed by atoms with E-state index in [1.54, 1.807) is 12.1 Å². The lowest BCUT2D eigenvalue weighted by Crippen LogP contribution is -2.35. The quantitative estimate of drug-likeness (QED) is 0.409. The van der Waals surface area contributed by atoms with Crippen molar-refractivity contribution in [2.75, 3.05) is 11.4 Å². The molecule has 3 heterocycles. The van der Waals surface area contributed by atoms with Crippen molar-refractivity contribution in [3.63, 3.8) is 0 Å². The summed E-state index contributed by atoms with van der Waals surface area (Å²) in [7, 11) is 0. The molecule has 1 aliphatic rings. The van der Waals surface area contributed by atoms with Gasteiger partial charge in [0.2, 0.25) is 5.82 Å². The maximum absolute atomic E-state index is 13.2. The Kier molecular flexibility index (Phi) is 5.48. The number of anilines is 1. The van der Waals surface area contributed by atoms with Gasteiger partial charge >= 0.3 is 12.1 Å². The van der Waals surface area contributed by atoms with Crippen LogP contribution >= 0.6 is 22.9 Å². The van der Waals surface area contributed by atoms with E-state index in [1.165, 1.54) is 11.3 Å². The van der Waals surface area contributed by atoms with Crippen LogP contribution in [0, 0.1) is 6.92 Å². The minimum atomic E-state index is -4.56. The molecule has 0 atom stereocenters. The van der Waals surface area contributed by atoms with Gasteiger partial charge in [0, 0.05) is 23.7 Å². The molecule has 2 aromatic carbocycles. The van der Waals surface area contributed by atoms with E-state index in [2.05, 4.69) is 10.2 Å². The average Bonchev–Trinajstić information content (AvgIpc) is 3.38. The fraction of sp³-hybridized carbons (Fsp3) is 0.273. The second-order valence-corrected chi connectivity index (χ2v) is 9.39. The number of carboxylic acid groups (broad SMARTS) is 1. The molecular weight excluding hydrogens is 491 g/mol. The highest BCUT2D eigenvalue weighted by molar-refractivity contribution is 7.22. The summed E-state index contributed by atoms with van der Waals surface area (Å²) in [5.41, 5.74) is 3.77. The first kappa shape index (κ1) is 22.6. The summed E-state index contributed by atoms with van der Waals surface area (Å²) in [6.07, 6.45) is -4.71. The van der Waals surface area contributed by atoms with E-state index in [0.717, 1.165) is 26.0 Å². The van der Waals surface area contributed by atoms with Crippen LogP contribution in [-0.2, 0) is 30.5 Å². The number of aromatic nitrogens is 4. The lowest BCUT2D eigenvalue weighted by Gasteiger charge is -2.27. The number of rotatable bonds is 4. The number of carboxylic acids is 1. The third-order valence-corrected chi connectivity index (χ3v) is 7.14. The van der Waals surface area contributed by atoms with E-state index in [1.807, 2.05) is 30.0 Å². The van der Waals surface area contributed by atoms with Crippen LogP contribution in [0.4, 0.5) is 18.3 Å². The van der Waals surface area contributed by atoms with Crippen molar-refractivity contribution in [3.8, 4) is 11.1 Å². The van der Waals surface area contributed by atoms with Gasteiger partial charge in [-0.3, -0.25) is 4.79 Å². The van der Waals surface area contributed by atoms with Crippen molar-refractivity contribution in [2.24, 2.45) is 0 Å². The molecule has 2 aromatic heterocycles. The van der Waals surface area contributed by atoms with Gasteiger partial charge in [0.1, 0.15) is 0 Å². The van der Waals surface area contributed by atoms with E-state index in [9.17, 15) is 23.1 Å². The smallest absolute Gasteiger partial charge is 0.451 e. The number of halogens is 4. The Morgan fingerprint density at radius 2 is 1.94 bits per heavy atom. The van der Waals surface area contributed by atoms with E-state index in [4.69, 9.17) is 16.6 Å². The molecule has 1 aliphatic heterocycles. The molecule has 5 rings (SSSR count). The van der Waals surface area contributed by atoms with Crippen LogP contribution in [0.5, 0.6) is 0 Å². The van der Waals surface area contributed by atoms with Crippen LogP contribution in [0.15, 0.2) is 30.3 Å². The van der Waals surface area contributed by atoms with Gasteiger partial charge in [0.25, 0.3) is 0 Å². The topological polar surface area (TPSA) is 84.1 Å². The summed E-state index contributed by atoms with van der Waals surface area (Å²) in [6.45, 7) is 2.38. The fourth-order valence-electron chi connectivity index (χ4n) is 4.19. The van der Waals surface area contributed by atoms with Crippen LogP contribution in [0.3, 0.4) is 0 Å². The molecule has 0 saturated heterocycles. The maximum Gasteiger partial charge on any atom is 0.451 e. The molecule has 0 radical (unpaired) electrons. The van der Waals surface area contributed by atoms with Crippen LogP contribution in [0.1, 0.15) is 22.8 Å². The van der Waals surface area contributed by atoms with E-state index in [0.29, 0.717) is 27.8 Å². The predicted molar refractivity (Wildman–Crippen MR) is 122 cm³/mol. The zero-order valence-electron chi connectivity index (χ0n) is 17.7. The molecule has 12 heteroatoms. The Hall–Kier alpha value is -3.18. The summed E-state index contributed by atoms with van der Waals surface area (Å²) >= 11 is 7.43. The lowest BCUT2D eigenvalue weighted by molar-refractivity contribution is -0.147. The van der Waals surface area contributed by atoms with Gasteiger partial charge in [0.15, 0.2) is 11.0 Å². The molecule has 0 amide bonds. The zero-order valence-corrected chi connectivity index (χ0v) is 19.3. The number of hydrogen-bond acceptors (Lipinski definition) is 6. The molecule has 34 heavy (non-hydrogen) atoms. The third kappa shape index (κ3) is 3.98. The Labute approximate surface area is 200 Å². The Morgan fingerprint density at radius 3 is 2.62 bits per heavy atom. The summed E-state index contributed by atoms with van der Waals surface area (Å²) < 4.78 is 41.4. The predicted octanol–water partition coefficient (Wildman–Crippen LogP) is 5.18. The summed E-state index contributed by atoms with van der Waals surface area (Å²) in [6, 6.07) is 9.01. The van der Waals surface area contributed by atoms with Gasteiger partial charge in [-0.1, -0.05) is 35.1 Å². The van der Waals surface area contributed by atoms with E-state index < -0.39 is 18.0 Å². The van der Waals surface area contributed by atoms with Gasteiger partial charge in [-0.05, 0) is 41.8 Å². The van der Waals surface area contributed by atoms with Crippen LogP contribution < -0.4 is 4.90 Å². The molecule has 1 N–H and O–H groups in total. The molecule has 4 aromatic rings. The number of nitrogens with zero attached hydrogens (tertiary/aromatic N) is 5. The zero-order chi connectivity index (χ0) is 24.2. The molecule has 0 spiro atoms. The summed E-state index contributed by atoms with van der Waals surface area (Å²) in [4.78, 5) is 18.2. The van der Waals surface area contributed by atoms with Crippen molar-refractivity contribution in [1.82, 2.24) is 19.7 Å². The monoisotopic (exact) mass is 507 g/mol. The molecule has 0 bridgehead atoms. The lowest BCUT2D eigenvalue weighted by atomic mass is 9.93. The first-order valence-electron chi connectivity index (χ1n) is 10.3. The molecule has 0 unspecified atom stereocenters. The summed E-state index contributed by atoms with van der Waals surface area (Å²) in [5, 5.41) is 17.8. The van der Waals surface area contributed by atoms with E-state index >= 15 is 0 Å². The molecule has 176 valence electrons. The standard InChI is InChI=1S/C22H17ClF3N5O2S/c1-11-8-15-19(18(14(11)9-17(32)33)12-2-4-13(23)5-3-12)34-21(27-15)30-6-7-31-16(10-30)28-29-20(31)22(24,25)26/h2-5,8H,6-7,9-10H2,1H3,(H,32,33). The first-order chi connectivity index (χ1) is 16.1. The Morgan fingerprint density at radius 1 is 1.21 bits per heavy atom. The Bertz CT molecular complexity index is 1410. The highest BCUT2D eigenvalue weighted by atomic mass is 35.5. The SMILES string of the molecule is Cc1cc2nc(N3CCn4c(nnc4C(F)(F)F)C3)sc2c(-c2ccc(Cl)cc2)c1CC(=O)O. The fourth-order valence-corrected chi connectivity index (χ4v) is 5.48. The minimum Gasteiger partial charge on any atom is -0.481 e. The third-order valence-electron chi connectivity index (χ3n) is 5.74. The van der Waals surface area contributed by atoms with Crippen molar-refractivity contribution in [1.29, 1.82) is 0 Å². The minimum absolute atomic E-state index is 0.0838. The molecule has 0 fully saturated rings. The number of alkyl halides is 3. The first-order valence-corrected chi connectivity index (χ1v) is 11.5. The maximum atomic E-state index is 13.2. The number of thiazole rings is 1. The molecule has 0 saturated carbocycles. The van der Waals surface area contributed by atoms with Gasteiger partial charge in [-0.2, -0.15) is 13.2 Å². The van der Waals surface area contributed by atoms with Crippen LogP contribution in [0.2, 0.25) is 5.02 Å². The molecule has 7 nitrogen and oxygen atoms in total. The highest BCUT2D eigenvalue weighted by Crippen LogP contribution is 2.41. The van der Waals surface area contributed by atoms with Crippen molar-refractivity contribution in [3.05, 3.63) is 58.1 Å². The number of aryl methyl sites for hydroxylation is 1. The largest absolute Gasteiger partial charge is 0.481 e.